The van der Waals surface area contributed by atoms with Gasteiger partial charge in [-0.3, -0.25) is 4.79 Å². The number of rotatable bonds is 7. The Bertz CT molecular complexity index is 331. The molecular formula is C10H19NO3S. The van der Waals surface area contributed by atoms with Gasteiger partial charge in [0, 0.05) is 24.1 Å². The van der Waals surface area contributed by atoms with Crippen molar-refractivity contribution in [3.63, 3.8) is 0 Å². The van der Waals surface area contributed by atoms with E-state index in [1.807, 2.05) is 6.92 Å². The van der Waals surface area contributed by atoms with E-state index in [2.05, 4.69) is 0 Å². The molecule has 0 saturated heterocycles. The standard InChI is InChI=1S/C10H19NO3S/c1-2-6-15(13,14)7-3-9(12)10(8-11)4-5-10/h2-8,11H2,1H3. The Morgan fingerprint density at radius 1 is 1.33 bits per heavy atom. The van der Waals surface area contributed by atoms with E-state index in [0.717, 1.165) is 12.8 Å². The quantitative estimate of drug-likeness (QED) is 0.695. The van der Waals surface area contributed by atoms with Gasteiger partial charge in [0.05, 0.1) is 5.75 Å². The minimum atomic E-state index is -3.03. The first kappa shape index (κ1) is 12.6. The zero-order valence-corrected chi connectivity index (χ0v) is 9.98. The molecule has 0 aromatic carbocycles. The van der Waals surface area contributed by atoms with Crippen molar-refractivity contribution in [2.75, 3.05) is 18.1 Å². The molecule has 4 nitrogen and oxygen atoms in total. The Labute approximate surface area is 91.1 Å². The fourth-order valence-electron chi connectivity index (χ4n) is 1.67. The average molecular weight is 233 g/mol. The molecule has 0 aliphatic heterocycles. The van der Waals surface area contributed by atoms with Crippen LogP contribution in [0.5, 0.6) is 0 Å². The molecule has 1 aliphatic carbocycles. The molecule has 0 aromatic rings. The molecule has 1 rings (SSSR count). The molecule has 0 bridgehead atoms. The third kappa shape index (κ3) is 3.28. The number of carbonyl (C=O) groups is 1. The van der Waals surface area contributed by atoms with Crippen LogP contribution in [0.4, 0.5) is 0 Å². The summed E-state index contributed by atoms with van der Waals surface area (Å²) in [5.74, 6) is 0.196. The molecule has 0 atom stereocenters. The van der Waals surface area contributed by atoms with E-state index >= 15 is 0 Å². The summed E-state index contributed by atoms with van der Waals surface area (Å²) in [6.07, 6.45) is 2.41. The smallest absolute Gasteiger partial charge is 0.150 e. The topological polar surface area (TPSA) is 77.2 Å². The first-order valence-electron chi connectivity index (χ1n) is 5.39. The first-order chi connectivity index (χ1) is 6.96. The van der Waals surface area contributed by atoms with Crippen LogP contribution in [-0.2, 0) is 14.6 Å². The van der Waals surface area contributed by atoms with E-state index in [1.54, 1.807) is 0 Å². The predicted molar refractivity (Wildman–Crippen MR) is 59.3 cm³/mol. The van der Waals surface area contributed by atoms with Crippen LogP contribution in [0.1, 0.15) is 32.6 Å². The van der Waals surface area contributed by atoms with E-state index in [0.29, 0.717) is 13.0 Å². The summed E-state index contributed by atoms with van der Waals surface area (Å²) in [6.45, 7) is 2.18. The largest absolute Gasteiger partial charge is 0.329 e. The molecule has 15 heavy (non-hydrogen) atoms. The van der Waals surface area contributed by atoms with Crippen LogP contribution in [0.15, 0.2) is 0 Å². The lowest BCUT2D eigenvalue weighted by molar-refractivity contribution is -0.123. The zero-order valence-electron chi connectivity index (χ0n) is 9.16. The Morgan fingerprint density at radius 2 is 1.93 bits per heavy atom. The van der Waals surface area contributed by atoms with Crippen LogP contribution < -0.4 is 5.73 Å². The number of Topliss-reactive ketones (excluding diaryl/α,β-unsaturated/α-hetero) is 1. The summed E-state index contributed by atoms with van der Waals surface area (Å²) < 4.78 is 22.8. The van der Waals surface area contributed by atoms with Crippen molar-refractivity contribution in [2.24, 2.45) is 11.1 Å². The third-order valence-electron chi connectivity index (χ3n) is 2.99. The van der Waals surface area contributed by atoms with Crippen molar-refractivity contribution in [3.8, 4) is 0 Å². The number of hydrogen-bond donors (Lipinski definition) is 1. The molecule has 0 aromatic heterocycles. The second kappa shape index (κ2) is 4.61. The highest BCUT2D eigenvalue weighted by molar-refractivity contribution is 7.91. The van der Waals surface area contributed by atoms with Gasteiger partial charge in [0.25, 0.3) is 0 Å². The molecular weight excluding hydrogens is 214 g/mol. The van der Waals surface area contributed by atoms with Crippen LogP contribution in [0.2, 0.25) is 0 Å². The molecule has 88 valence electrons. The van der Waals surface area contributed by atoms with Gasteiger partial charge in [-0.2, -0.15) is 0 Å². The van der Waals surface area contributed by atoms with E-state index in [4.69, 9.17) is 5.73 Å². The van der Waals surface area contributed by atoms with Crippen molar-refractivity contribution in [1.29, 1.82) is 0 Å². The van der Waals surface area contributed by atoms with Gasteiger partial charge in [-0.25, -0.2) is 8.42 Å². The Morgan fingerprint density at radius 3 is 2.33 bits per heavy atom. The summed E-state index contributed by atoms with van der Waals surface area (Å²) in [4.78, 5) is 11.7. The molecule has 1 saturated carbocycles. The lowest BCUT2D eigenvalue weighted by Crippen LogP contribution is -2.27. The second-order valence-corrected chi connectivity index (χ2v) is 6.61. The van der Waals surface area contributed by atoms with Crippen molar-refractivity contribution in [3.05, 3.63) is 0 Å². The molecule has 0 radical (unpaired) electrons. The maximum atomic E-state index is 11.7. The van der Waals surface area contributed by atoms with E-state index in [1.165, 1.54) is 0 Å². The summed E-state index contributed by atoms with van der Waals surface area (Å²) in [5.41, 5.74) is 5.14. The molecule has 0 amide bonds. The molecule has 0 heterocycles. The second-order valence-electron chi connectivity index (χ2n) is 4.31. The Balaban J connectivity index is 2.41. The van der Waals surface area contributed by atoms with Crippen molar-refractivity contribution < 1.29 is 13.2 Å². The van der Waals surface area contributed by atoms with Crippen molar-refractivity contribution in [2.45, 2.75) is 32.6 Å². The van der Waals surface area contributed by atoms with Gasteiger partial charge in [0.2, 0.25) is 0 Å². The molecule has 5 heteroatoms. The van der Waals surface area contributed by atoms with Gasteiger partial charge >= 0.3 is 0 Å². The predicted octanol–water partition coefficient (Wildman–Crippen LogP) is 0.509. The fourth-order valence-corrected chi connectivity index (χ4v) is 3.00. The maximum absolute atomic E-state index is 11.7. The highest BCUT2D eigenvalue weighted by Gasteiger charge is 2.47. The zero-order chi connectivity index (χ0) is 11.5. The van der Waals surface area contributed by atoms with Crippen molar-refractivity contribution in [1.82, 2.24) is 0 Å². The minimum absolute atomic E-state index is 0.0125. The van der Waals surface area contributed by atoms with Gasteiger partial charge in [-0.05, 0) is 19.3 Å². The first-order valence-corrected chi connectivity index (χ1v) is 7.22. The van der Waals surface area contributed by atoms with Gasteiger partial charge in [-0.15, -0.1) is 0 Å². The van der Waals surface area contributed by atoms with Crippen LogP contribution in [0.25, 0.3) is 0 Å². The van der Waals surface area contributed by atoms with Crippen LogP contribution in [0.3, 0.4) is 0 Å². The van der Waals surface area contributed by atoms with Gasteiger partial charge in [-0.1, -0.05) is 6.92 Å². The summed E-state index contributed by atoms with van der Waals surface area (Å²) in [5, 5.41) is 0. The van der Waals surface area contributed by atoms with Gasteiger partial charge < -0.3 is 5.73 Å². The minimum Gasteiger partial charge on any atom is -0.329 e. The number of hydrogen-bond acceptors (Lipinski definition) is 4. The lowest BCUT2D eigenvalue weighted by atomic mass is 10.00. The van der Waals surface area contributed by atoms with Crippen LogP contribution in [-0.4, -0.2) is 32.3 Å². The van der Waals surface area contributed by atoms with Gasteiger partial charge in [0.1, 0.15) is 5.78 Å². The summed E-state index contributed by atoms with van der Waals surface area (Å²) in [6, 6.07) is 0. The Hall–Kier alpha value is -0.420. The molecule has 1 aliphatic rings. The molecule has 1 fully saturated rings. The van der Waals surface area contributed by atoms with Gasteiger partial charge in [0.15, 0.2) is 9.84 Å². The highest BCUT2D eigenvalue weighted by Crippen LogP contribution is 2.46. The van der Waals surface area contributed by atoms with Crippen molar-refractivity contribution >= 4 is 15.6 Å². The molecule has 0 spiro atoms. The average Bonchev–Trinajstić information content (AvgIpc) is 2.95. The Kier molecular flexibility index (Phi) is 3.89. The summed E-state index contributed by atoms with van der Waals surface area (Å²) >= 11 is 0. The third-order valence-corrected chi connectivity index (χ3v) is 4.85. The van der Waals surface area contributed by atoms with Crippen LogP contribution in [0, 0.1) is 5.41 Å². The molecule has 0 unspecified atom stereocenters. The highest BCUT2D eigenvalue weighted by atomic mass is 32.2. The maximum Gasteiger partial charge on any atom is 0.150 e. The number of sulfone groups is 1. The SMILES string of the molecule is CCCS(=O)(=O)CCC(=O)C1(CN)CC1. The normalized spacial score (nSPS) is 18.8. The fraction of sp³-hybridized carbons (Fsp3) is 0.900. The number of nitrogens with two attached hydrogens (primary N) is 1. The number of carbonyl (C=O) groups excluding carboxylic acids is 1. The van der Waals surface area contributed by atoms with Crippen LogP contribution >= 0.6 is 0 Å². The summed E-state index contributed by atoms with van der Waals surface area (Å²) in [7, 11) is -3.03. The molecule has 2 N–H and O–H groups in total. The van der Waals surface area contributed by atoms with E-state index in [-0.39, 0.29) is 29.1 Å². The monoisotopic (exact) mass is 233 g/mol. The lowest BCUT2D eigenvalue weighted by Gasteiger charge is -2.10. The van der Waals surface area contributed by atoms with E-state index in [9.17, 15) is 13.2 Å². The number of ketones is 1. The van der Waals surface area contributed by atoms with E-state index < -0.39 is 9.84 Å².